The first kappa shape index (κ1) is 14.4. The summed E-state index contributed by atoms with van der Waals surface area (Å²) < 4.78 is 5.05. The number of hydrogen-bond acceptors (Lipinski definition) is 4. The minimum absolute atomic E-state index is 0.385. The molecule has 0 spiro atoms. The number of carbonyl (C=O) groups is 2. The maximum Gasteiger partial charge on any atom is 0.317 e. The molecule has 0 aliphatic carbocycles. The Morgan fingerprint density at radius 3 is 2.67 bits per heavy atom. The van der Waals surface area contributed by atoms with Crippen LogP contribution in [0.4, 0.5) is 0 Å². The van der Waals surface area contributed by atoms with Crippen LogP contribution in [-0.2, 0) is 15.3 Å². The zero-order valence-electron chi connectivity index (χ0n) is 9.83. The summed E-state index contributed by atoms with van der Waals surface area (Å²) in [7, 11) is 1.55. The average molecular weight is 270 g/mol. The minimum Gasteiger partial charge on any atom is -0.497 e. The summed E-state index contributed by atoms with van der Waals surface area (Å²) in [5, 5.41) is 16.6. The number of carboxylic acids is 2. The van der Waals surface area contributed by atoms with Gasteiger partial charge in [-0.3, -0.25) is 9.59 Å². The van der Waals surface area contributed by atoms with Crippen LogP contribution in [0.2, 0.25) is 0 Å². The van der Waals surface area contributed by atoms with Crippen LogP contribution in [0.3, 0.4) is 0 Å². The van der Waals surface area contributed by atoms with Crippen LogP contribution in [0.5, 0.6) is 5.75 Å². The zero-order chi connectivity index (χ0) is 13.5. The van der Waals surface area contributed by atoms with E-state index in [9.17, 15) is 9.59 Å². The van der Waals surface area contributed by atoms with Gasteiger partial charge >= 0.3 is 11.9 Å². The van der Waals surface area contributed by atoms with Crippen molar-refractivity contribution in [2.24, 2.45) is 0 Å². The van der Waals surface area contributed by atoms with E-state index in [1.165, 1.54) is 0 Å². The summed E-state index contributed by atoms with van der Waals surface area (Å²) >= 11 is 1.09. The van der Waals surface area contributed by atoms with Gasteiger partial charge in [0.1, 0.15) is 11.0 Å². The Bertz CT molecular complexity index is 432. The SMILES string of the molecule is COc1cccc(CS[C@H](CC(=O)O)C(=O)O)c1. The number of thioether (sulfide) groups is 1. The maximum atomic E-state index is 10.9. The van der Waals surface area contributed by atoms with Gasteiger partial charge in [-0.1, -0.05) is 12.1 Å². The molecule has 1 aromatic carbocycles. The molecule has 6 heteroatoms. The highest BCUT2D eigenvalue weighted by atomic mass is 32.2. The van der Waals surface area contributed by atoms with Gasteiger partial charge in [-0.2, -0.15) is 0 Å². The fourth-order valence-corrected chi connectivity index (χ4v) is 2.31. The van der Waals surface area contributed by atoms with Crippen LogP contribution in [0.15, 0.2) is 24.3 Å². The molecule has 0 aromatic heterocycles. The van der Waals surface area contributed by atoms with Gasteiger partial charge in [-0.15, -0.1) is 11.8 Å². The van der Waals surface area contributed by atoms with Crippen molar-refractivity contribution in [2.75, 3.05) is 7.11 Å². The number of ether oxygens (including phenoxy) is 1. The van der Waals surface area contributed by atoms with Crippen LogP contribution in [-0.4, -0.2) is 34.5 Å². The lowest BCUT2D eigenvalue weighted by Crippen LogP contribution is -2.20. The third-order valence-electron chi connectivity index (χ3n) is 2.22. The predicted octanol–water partition coefficient (Wildman–Crippen LogP) is 1.86. The van der Waals surface area contributed by atoms with E-state index < -0.39 is 17.2 Å². The van der Waals surface area contributed by atoms with E-state index in [4.69, 9.17) is 14.9 Å². The first-order chi connectivity index (χ1) is 8.52. The monoisotopic (exact) mass is 270 g/mol. The van der Waals surface area contributed by atoms with Crippen LogP contribution in [0, 0.1) is 0 Å². The molecule has 0 fully saturated rings. The molecule has 0 amide bonds. The maximum absolute atomic E-state index is 10.9. The molecule has 1 aromatic rings. The van der Waals surface area contributed by atoms with Crippen molar-refractivity contribution in [3.8, 4) is 5.75 Å². The molecule has 0 unspecified atom stereocenters. The standard InChI is InChI=1S/C12H14O5S/c1-17-9-4-2-3-8(5-9)7-18-10(12(15)16)6-11(13)14/h2-5,10H,6-7H2,1H3,(H,13,14)(H,15,16)/t10-/m1/s1. The fraction of sp³-hybridized carbons (Fsp3) is 0.333. The van der Waals surface area contributed by atoms with Gasteiger partial charge in [-0.25, -0.2) is 0 Å². The number of benzene rings is 1. The van der Waals surface area contributed by atoms with Crippen molar-refractivity contribution in [2.45, 2.75) is 17.4 Å². The average Bonchev–Trinajstić information content (AvgIpc) is 2.34. The lowest BCUT2D eigenvalue weighted by molar-refractivity contribution is -0.142. The largest absolute Gasteiger partial charge is 0.497 e. The number of rotatable bonds is 7. The molecule has 0 saturated carbocycles. The van der Waals surface area contributed by atoms with Crippen molar-refractivity contribution in [1.82, 2.24) is 0 Å². The van der Waals surface area contributed by atoms with Crippen molar-refractivity contribution >= 4 is 23.7 Å². The van der Waals surface area contributed by atoms with Crippen molar-refractivity contribution in [1.29, 1.82) is 0 Å². The molecule has 98 valence electrons. The van der Waals surface area contributed by atoms with Crippen molar-refractivity contribution in [3.05, 3.63) is 29.8 Å². The molecule has 0 radical (unpaired) electrons. The smallest absolute Gasteiger partial charge is 0.317 e. The normalized spacial score (nSPS) is 11.8. The Kier molecular flexibility index (Phi) is 5.51. The zero-order valence-corrected chi connectivity index (χ0v) is 10.6. The van der Waals surface area contributed by atoms with E-state index in [0.29, 0.717) is 11.5 Å². The van der Waals surface area contributed by atoms with Gasteiger partial charge < -0.3 is 14.9 Å². The minimum atomic E-state index is -1.11. The number of hydrogen-bond donors (Lipinski definition) is 2. The highest BCUT2D eigenvalue weighted by Crippen LogP contribution is 2.23. The topological polar surface area (TPSA) is 83.8 Å². The quantitative estimate of drug-likeness (QED) is 0.786. The van der Waals surface area contributed by atoms with E-state index in [1.807, 2.05) is 12.1 Å². The molecule has 2 N–H and O–H groups in total. The summed E-state index contributed by atoms with van der Waals surface area (Å²) in [6.07, 6.45) is -0.385. The number of aliphatic carboxylic acids is 2. The molecule has 0 bridgehead atoms. The van der Waals surface area contributed by atoms with E-state index >= 15 is 0 Å². The molecule has 5 nitrogen and oxygen atoms in total. The highest BCUT2D eigenvalue weighted by molar-refractivity contribution is 7.99. The molecule has 0 aliphatic rings. The Labute approximate surface area is 109 Å². The van der Waals surface area contributed by atoms with Gasteiger partial charge in [-0.05, 0) is 17.7 Å². The van der Waals surface area contributed by atoms with Crippen molar-refractivity contribution in [3.63, 3.8) is 0 Å². The summed E-state index contributed by atoms with van der Waals surface area (Å²) in [5.74, 6) is -1.09. The Morgan fingerprint density at radius 2 is 2.11 bits per heavy atom. The van der Waals surface area contributed by atoms with Gasteiger partial charge in [0.2, 0.25) is 0 Å². The molecule has 0 saturated heterocycles. The Balaban J connectivity index is 2.60. The van der Waals surface area contributed by atoms with E-state index in [1.54, 1.807) is 19.2 Å². The molecule has 0 aliphatic heterocycles. The van der Waals surface area contributed by atoms with Gasteiger partial charge in [0.05, 0.1) is 13.5 Å². The first-order valence-electron chi connectivity index (χ1n) is 5.22. The van der Waals surface area contributed by atoms with E-state index in [2.05, 4.69) is 0 Å². The third-order valence-corrected chi connectivity index (χ3v) is 3.49. The molecular formula is C12H14O5S. The predicted molar refractivity (Wildman–Crippen MR) is 68.0 cm³/mol. The van der Waals surface area contributed by atoms with E-state index in [0.717, 1.165) is 17.3 Å². The van der Waals surface area contributed by atoms with E-state index in [-0.39, 0.29) is 6.42 Å². The Morgan fingerprint density at radius 1 is 1.39 bits per heavy atom. The second kappa shape index (κ2) is 6.90. The summed E-state index contributed by atoms with van der Waals surface area (Å²) in [6, 6.07) is 7.24. The summed E-state index contributed by atoms with van der Waals surface area (Å²) in [5.41, 5.74) is 0.899. The molecule has 1 rings (SSSR count). The second-order valence-electron chi connectivity index (χ2n) is 3.59. The molecule has 1 atom stereocenters. The van der Waals surface area contributed by atoms with Crippen molar-refractivity contribution < 1.29 is 24.5 Å². The van der Waals surface area contributed by atoms with Gasteiger partial charge in [0.15, 0.2) is 0 Å². The number of methoxy groups -OCH3 is 1. The molecule has 0 heterocycles. The summed E-state index contributed by atoms with van der Waals surface area (Å²) in [4.78, 5) is 21.4. The lowest BCUT2D eigenvalue weighted by atomic mass is 10.2. The second-order valence-corrected chi connectivity index (χ2v) is 4.78. The van der Waals surface area contributed by atoms with Crippen LogP contribution < -0.4 is 4.74 Å². The van der Waals surface area contributed by atoms with Crippen LogP contribution in [0.1, 0.15) is 12.0 Å². The highest BCUT2D eigenvalue weighted by Gasteiger charge is 2.21. The number of carboxylic acid groups (broad SMARTS) is 2. The first-order valence-corrected chi connectivity index (χ1v) is 6.27. The van der Waals surface area contributed by atoms with Crippen LogP contribution in [0.25, 0.3) is 0 Å². The molecular weight excluding hydrogens is 256 g/mol. The fourth-order valence-electron chi connectivity index (χ4n) is 1.34. The van der Waals surface area contributed by atoms with Crippen LogP contribution >= 0.6 is 11.8 Å². The van der Waals surface area contributed by atoms with Gasteiger partial charge in [0, 0.05) is 5.75 Å². The lowest BCUT2D eigenvalue weighted by Gasteiger charge is -2.10. The third kappa shape index (κ3) is 4.67. The summed E-state index contributed by atoms with van der Waals surface area (Å²) in [6.45, 7) is 0. The van der Waals surface area contributed by atoms with Gasteiger partial charge in [0.25, 0.3) is 0 Å². The molecule has 18 heavy (non-hydrogen) atoms. The Hall–Kier alpha value is -1.69.